The minimum absolute atomic E-state index is 0.0898. The van der Waals surface area contributed by atoms with E-state index in [2.05, 4.69) is 10.3 Å². The van der Waals surface area contributed by atoms with Gasteiger partial charge in [-0.2, -0.15) is 0 Å². The number of benzene rings is 1. The van der Waals surface area contributed by atoms with Crippen molar-refractivity contribution in [3.05, 3.63) is 52.2 Å². The highest BCUT2D eigenvalue weighted by molar-refractivity contribution is 7.18. The van der Waals surface area contributed by atoms with Crippen molar-refractivity contribution < 1.29 is 9.72 Å². The molecular formula is C13H13N3O3S. The SMILES string of the molecule is CCC(C(=O)Nc1ncc([N+](=O)[O-])s1)c1ccccc1. The van der Waals surface area contributed by atoms with Crippen molar-refractivity contribution in [3.63, 3.8) is 0 Å². The minimum atomic E-state index is -0.526. The Labute approximate surface area is 119 Å². The quantitative estimate of drug-likeness (QED) is 0.677. The first-order valence-corrected chi connectivity index (χ1v) is 6.89. The van der Waals surface area contributed by atoms with E-state index in [0.29, 0.717) is 6.42 Å². The van der Waals surface area contributed by atoms with Crippen LogP contribution < -0.4 is 5.32 Å². The van der Waals surface area contributed by atoms with Crippen molar-refractivity contribution >= 4 is 27.4 Å². The number of hydrogen-bond acceptors (Lipinski definition) is 5. The van der Waals surface area contributed by atoms with Crippen LogP contribution in [0.4, 0.5) is 10.1 Å². The second kappa shape index (κ2) is 6.25. The van der Waals surface area contributed by atoms with Gasteiger partial charge >= 0.3 is 5.00 Å². The third kappa shape index (κ3) is 3.18. The highest BCUT2D eigenvalue weighted by Crippen LogP contribution is 2.27. The average molecular weight is 291 g/mol. The minimum Gasteiger partial charge on any atom is -0.301 e. The molecule has 2 aromatic rings. The van der Waals surface area contributed by atoms with Crippen LogP contribution in [0.15, 0.2) is 36.5 Å². The first-order valence-electron chi connectivity index (χ1n) is 6.07. The molecular weight excluding hydrogens is 278 g/mol. The van der Waals surface area contributed by atoms with E-state index in [1.165, 1.54) is 0 Å². The van der Waals surface area contributed by atoms with Gasteiger partial charge in [0.05, 0.1) is 10.8 Å². The van der Waals surface area contributed by atoms with Crippen molar-refractivity contribution in [2.24, 2.45) is 0 Å². The Morgan fingerprint density at radius 3 is 2.70 bits per heavy atom. The standard InChI is InChI=1S/C13H13N3O3S/c1-2-10(9-6-4-3-5-7-9)12(17)15-13-14-8-11(20-13)16(18)19/h3-8,10H,2H2,1H3,(H,14,15,17). The van der Waals surface area contributed by atoms with E-state index in [1.54, 1.807) is 0 Å². The molecule has 1 heterocycles. The molecule has 1 aromatic heterocycles. The largest absolute Gasteiger partial charge is 0.345 e. The summed E-state index contributed by atoms with van der Waals surface area (Å²) >= 11 is 0.850. The van der Waals surface area contributed by atoms with Gasteiger partial charge in [0.25, 0.3) is 0 Å². The fraction of sp³-hybridized carbons (Fsp3) is 0.231. The summed E-state index contributed by atoms with van der Waals surface area (Å²) < 4.78 is 0. The Kier molecular flexibility index (Phi) is 4.41. The first kappa shape index (κ1) is 14.1. The maximum Gasteiger partial charge on any atom is 0.345 e. The molecule has 1 unspecified atom stereocenters. The molecule has 1 amide bonds. The summed E-state index contributed by atoms with van der Waals surface area (Å²) in [5.41, 5.74) is 0.915. The van der Waals surface area contributed by atoms with Crippen LogP contribution >= 0.6 is 11.3 Å². The van der Waals surface area contributed by atoms with Gasteiger partial charge in [0.2, 0.25) is 5.91 Å². The molecule has 0 bridgehead atoms. The smallest absolute Gasteiger partial charge is 0.301 e. The van der Waals surface area contributed by atoms with Crippen LogP contribution in [0.1, 0.15) is 24.8 Å². The summed E-state index contributed by atoms with van der Waals surface area (Å²) in [5, 5.41) is 13.4. The highest BCUT2D eigenvalue weighted by atomic mass is 32.1. The van der Waals surface area contributed by atoms with Gasteiger partial charge in [0, 0.05) is 0 Å². The van der Waals surface area contributed by atoms with Gasteiger partial charge in [-0.1, -0.05) is 37.3 Å². The second-order valence-electron chi connectivity index (χ2n) is 4.12. The van der Waals surface area contributed by atoms with E-state index in [4.69, 9.17) is 0 Å². The lowest BCUT2D eigenvalue weighted by atomic mass is 9.96. The normalized spacial score (nSPS) is 11.8. The van der Waals surface area contributed by atoms with Crippen LogP contribution in [0, 0.1) is 10.1 Å². The number of carbonyl (C=O) groups excluding carboxylic acids is 1. The monoisotopic (exact) mass is 291 g/mol. The molecule has 20 heavy (non-hydrogen) atoms. The molecule has 0 fully saturated rings. The lowest BCUT2D eigenvalue weighted by Crippen LogP contribution is -2.20. The molecule has 7 heteroatoms. The van der Waals surface area contributed by atoms with Crippen molar-refractivity contribution in [2.45, 2.75) is 19.3 Å². The van der Waals surface area contributed by atoms with E-state index in [1.807, 2.05) is 37.3 Å². The molecule has 0 saturated carbocycles. The molecule has 0 aliphatic rings. The Balaban J connectivity index is 2.11. The highest BCUT2D eigenvalue weighted by Gasteiger charge is 2.20. The number of hydrogen-bond donors (Lipinski definition) is 1. The van der Waals surface area contributed by atoms with Gasteiger partial charge in [-0.25, -0.2) is 4.98 Å². The number of nitro groups is 1. The van der Waals surface area contributed by atoms with E-state index < -0.39 is 4.92 Å². The summed E-state index contributed by atoms with van der Waals surface area (Å²) in [6.07, 6.45) is 1.78. The molecule has 1 atom stereocenters. The van der Waals surface area contributed by atoms with Gasteiger partial charge in [-0.05, 0) is 23.3 Å². The predicted octanol–water partition coefficient (Wildman–Crippen LogP) is 3.18. The lowest BCUT2D eigenvalue weighted by molar-refractivity contribution is -0.380. The molecule has 104 valence electrons. The van der Waals surface area contributed by atoms with Crippen LogP contribution in [0.2, 0.25) is 0 Å². The molecule has 1 aromatic carbocycles. The van der Waals surface area contributed by atoms with E-state index >= 15 is 0 Å². The number of amides is 1. The van der Waals surface area contributed by atoms with E-state index in [-0.39, 0.29) is 22.0 Å². The van der Waals surface area contributed by atoms with Crippen LogP contribution in [0.3, 0.4) is 0 Å². The molecule has 0 radical (unpaired) electrons. The number of aromatic nitrogens is 1. The zero-order valence-corrected chi connectivity index (χ0v) is 11.6. The third-order valence-corrected chi connectivity index (χ3v) is 3.69. The van der Waals surface area contributed by atoms with Crippen molar-refractivity contribution in [1.29, 1.82) is 0 Å². The Bertz CT molecular complexity index is 612. The number of nitrogens with one attached hydrogen (secondary N) is 1. The fourth-order valence-corrected chi connectivity index (χ4v) is 2.49. The molecule has 2 rings (SSSR count). The number of carbonyl (C=O) groups is 1. The molecule has 6 nitrogen and oxygen atoms in total. The van der Waals surface area contributed by atoms with E-state index in [0.717, 1.165) is 23.1 Å². The average Bonchev–Trinajstić information content (AvgIpc) is 2.89. The van der Waals surface area contributed by atoms with Gasteiger partial charge in [-0.3, -0.25) is 14.9 Å². The van der Waals surface area contributed by atoms with Crippen LogP contribution in [0.5, 0.6) is 0 Å². The summed E-state index contributed by atoms with van der Waals surface area (Å²) in [4.78, 5) is 26.1. The van der Waals surface area contributed by atoms with Gasteiger partial charge in [0.15, 0.2) is 5.13 Å². The number of nitrogens with zero attached hydrogens (tertiary/aromatic N) is 2. The fourth-order valence-electron chi connectivity index (χ4n) is 1.86. The summed E-state index contributed by atoms with van der Waals surface area (Å²) in [5.74, 6) is -0.498. The van der Waals surface area contributed by atoms with Gasteiger partial charge in [0.1, 0.15) is 6.20 Å². The van der Waals surface area contributed by atoms with Gasteiger partial charge < -0.3 is 5.32 Å². The zero-order valence-electron chi connectivity index (χ0n) is 10.8. The lowest BCUT2D eigenvalue weighted by Gasteiger charge is -2.13. The molecule has 0 aliphatic heterocycles. The Morgan fingerprint density at radius 1 is 1.45 bits per heavy atom. The first-order chi connectivity index (χ1) is 9.61. The predicted molar refractivity (Wildman–Crippen MR) is 76.9 cm³/mol. The maximum atomic E-state index is 12.2. The molecule has 0 spiro atoms. The molecule has 1 N–H and O–H groups in total. The summed E-state index contributed by atoms with van der Waals surface area (Å²) in [6, 6.07) is 9.41. The van der Waals surface area contributed by atoms with Crippen molar-refractivity contribution in [3.8, 4) is 0 Å². The van der Waals surface area contributed by atoms with Crippen LogP contribution in [-0.4, -0.2) is 15.8 Å². The maximum absolute atomic E-state index is 12.2. The van der Waals surface area contributed by atoms with Crippen LogP contribution in [-0.2, 0) is 4.79 Å². The number of rotatable bonds is 5. The van der Waals surface area contributed by atoms with Gasteiger partial charge in [-0.15, -0.1) is 0 Å². The van der Waals surface area contributed by atoms with Crippen molar-refractivity contribution in [2.75, 3.05) is 5.32 Å². The topological polar surface area (TPSA) is 85.1 Å². The molecule has 0 aliphatic carbocycles. The zero-order chi connectivity index (χ0) is 14.5. The molecule has 0 saturated heterocycles. The Morgan fingerprint density at radius 2 is 2.15 bits per heavy atom. The van der Waals surface area contributed by atoms with Crippen molar-refractivity contribution in [1.82, 2.24) is 4.98 Å². The van der Waals surface area contributed by atoms with Crippen LogP contribution in [0.25, 0.3) is 0 Å². The second-order valence-corrected chi connectivity index (χ2v) is 5.13. The van der Waals surface area contributed by atoms with E-state index in [9.17, 15) is 14.9 Å². The third-order valence-electron chi connectivity index (χ3n) is 2.83. The summed E-state index contributed by atoms with van der Waals surface area (Å²) in [7, 11) is 0. The number of anilines is 1. The summed E-state index contributed by atoms with van der Waals surface area (Å²) in [6.45, 7) is 1.92. The Hall–Kier alpha value is -2.28. The number of thiazole rings is 1.